The molecule has 5 heteroatoms. The molecule has 22 heavy (non-hydrogen) atoms. The fourth-order valence-corrected chi connectivity index (χ4v) is 3.98. The zero-order valence-corrected chi connectivity index (χ0v) is 13.5. The van der Waals surface area contributed by atoms with E-state index in [2.05, 4.69) is 4.98 Å². The first kappa shape index (κ1) is 15.4. The van der Waals surface area contributed by atoms with Crippen molar-refractivity contribution >= 4 is 5.91 Å². The summed E-state index contributed by atoms with van der Waals surface area (Å²) in [5.41, 5.74) is 2.30. The van der Waals surface area contributed by atoms with Gasteiger partial charge in [0.15, 0.2) is 0 Å². The van der Waals surface area contributed by atoms with Crippen LogP contribution < -0.4 is 0 Å². The van der Waals surface area contributed by atoms with Crippen molar-refractivity contribution in [1.29, 1.82) is 0 Å². The minimum Gasteiger partial charge on any atom is -0.392 e. The maximum atomic E-state index is 12.7. The number of carbonyl (C=O) groups is 1. The Hall–Kier alpha value is -1.46. The Balaban J connectivity index is 1.70. The third-order valence-electron chi connectivity index (χ3n) is 5.34. The van der Waals surface area contributed by atoms with E-state index in [1.807, 2.05) is 30.9 Å². The van der Waals surface area contributed by atoms with Gasteiger partial charge in [0.1, 0.15) is 0 Å². The first-order chi connectivity index (χ1) is 10.5. The van der Waals surface area contributed by atoms with Crippen LogP contribution in [0, 0.1) is 19.3 Å². The van der Waals surface area contributed by atoms with Gasteiger partial charge in [0, 0.05) is 49.0 Å². The molecule has 1 spiro atoms. The number of aliphatic hydroxyl groups excluding tert-OH is 1. The number of carbonyl (C=O) groups excluding carboxylic acids is 1. The normalized spacial score (nSPS) is 26.8. The molecule has 1 saturated carbocycles. The van der Waals surface area contributed by atoms with Gasteiger partial charge in [-0.15, -0.1) is 0 Å². The lowest BCUT2D eigenvalue weighted by molar-refractivity contribution is -0.199. The second-order valence-electron chi connectivity index (χ2n) is 6.64. The van der Waals surface area contributed by atoms with Crippen LogP contribution in [0.1, 0.15) is 41.0 Å². The molecular weight excluding hydrogens is 280 g/mol. The van der Waals surface area contributed by atoms with Crippen molar-refractivity contribution in [2.24, 2.45) is 5.41 Å². The van der Waals surface area contributed by atoms with Gasteiger partial charge in [-0.05, 0) is 38.8 Å². The average Bonchev–Trinajstić information content (AvgIpc) is 2.50. The van der Waals surface area contributed by atoms with Crippen LogP contribution in [0.25, 0.3) is 0 Å². The number of hydrogen-bond donors (Lipinski definition) is 1. The average molecular weight is 304 g/mol. The molecule has 3 rings (SSSR count). The van der Waals surface area contributed by atoms with Crippen molar-refractivity contribution in [2.75, 3.05) is 20.2 Å². The van der Waals surface area contributed by atoms with E-state index < -0.39 is 0 Å². The number of nitrogens with zero attached hydrogens (tertiary/aromatic N) is 2. The number of likely N-dealkylation sites (tertiary alicyclic amines) is 1. The topological polar surface area (TPSA) is 62.7 Å². The summed E-state index contributed by atoms with van der Waals surface area (Å²) >= 11 is 0. The molecule has 1 saturated heterocycles. The summed E-state index contributed by atoms with van der Waals surface area (Å²) < 4.78 is 5.49. The maximum absolute atomic E-state index is 12.7. The Labute approximate surface area is 131 Å². The number of amides is 1. The van der Waals surface area contributed by atoms with Gasteiger partial charge in [-0.3, -0.25) is 9.78 Å². The molecule has 5 nitrogen and oxygen atoms in total. The van der Waals surface area contributed by atoms with Crippen molar-refractivity contribution in [1.82, 2.24) is 9.88 Å². The second kappa shape index (κ2) is 5.63. The fourth-order valence-electron chi connectivity index (χ4n) is 3.98. The summed E-state index contributed by atoms with van der Waals surface area (Å²) in [5, 5.41) is 10.1. The van der Waals surface area contributed by atoms with Crippen LogP contribution in [0.5, 0.6) is 0 Å². The molecule has 1 amide bonds. The number of aliphatic hydroxyl groups is 1. The Morgan fingerprint density at radius 2 is 1.91 bits per heavy atom. The number of methoxy groups -OCH3 is 1. The summed E-state index contributed by atoms with van der Waals surface area (Å²) in [7, 11) is 1.71. The monoisotopic (exact) mass is 304 g/mol. The number of aryl methyl sites for hydroxylation is 2. The summed E-state index contributed by atoms with van der Waals surface area (Å²) in [6.07, 6.45) is 2.17. The number of rotatable bonds is 2. The predicted octanol–water partition coefficient (Wildman–Crippen LogP) is 1.70. The molecule has 0 bridgehead atoms. The van der Waals surface area contributed by atoms with E-state index in [1.165, 1.54) is 0 Å². The third-order valence-corrected chi connectivity index (χ3v) is 5.34. The van der Waals surface area contributed by atoms with Gasteiger partial charge in [-0.2, -0.15) is 0 Å². The Kier molecular flexibility index (Phi) is 3.95. The minimum atomic E-state index is -0.292. The molecule has 1 N–H and O–H groups in total. The highest BCUT2D eigenvalue weighted by atomic mass is 16.5. The van der Waals surface area contributed by atoms with Crippen molar-refractivity contribution in [3.05, 3.63) is 29.1 Å². The van der Waals surface area contributed by atoms with E-state index in [-0.39, 0.29) is 23.5 Å². The van der Waals surface area contributed by atoms with Crippen LogP contribution in [0.4, 0.5) is 0 Å². The number of piperidine rings is 1. The maximum Gasteiger partial charge on any atom is 0.253 e. The van der Waals surface area contributed by atoms with E-state index in [4.69, 9.17) is 4.74 Å². The van der Waals surface area contributed by atoms with Gasteiger partial charge in [-0.25, -0.2) is 0 Å². The highest BCUT2D eigenvalue weighted by Gasteiger charge is 2.56. The fraction of sp³-hybridized carbons (Fsp3) is 0.647. The summed E-state index contributed by atoms with van der Waals surface area (Å²) in [6, 6.07) is 3.69. The smallest absolute Gasteiger partial charge is 0.253 e. The van der Waals surface area contributed by atoms with Gasteiger partial charge in [-0.1, -0.05) is 0 Å². The lowest BCUT2D eigenvalue weighted by Gasteiger charge is -2.56. The van der Waals surface area contributed by atoms with Crippen molar-refractivity contribution < 1.29 is 14.6 Å². The molecule has 2 atom stereocenters. The first-order valence-corrected chi connectivity index (χ1v) is 7.92. The van der Waals surface area contributed by atoms with E-state index >= 15 is 0 Å². The molecular formula is C17H24N2O3. The van der Waals surface area contributed by atoms with E-state index in [0.29, 0.717) is 25.1 Å². The van der Waals surface area contributed by atoms with Crippen LogP contribution in [-0.2, 0) is 4.74 Å². The lowest BCUT2D eigenvalue weighted by Crippen LogP contribution is -2.62. The standard InChI is InChI=1S/C17H24N2O3/c1-11-8-13(9-12(2)18-11)16(21)19-6-4-17(5-7-19)14(20)10-15(17)22-3/h8-9,14-15,20H,4-7,10H2,1-3H3/t14-,15+/m0/s1. The number of hydrogen-bond acceptors (Lipinski definition) is 4. The quantitative estimate of drug-likeness (QED) is 0.903. The number of ether oxygens (including phenoxy) is 1. The molecule has 2 heterocycles. The highest BCUT2D eigenvalue weighted by molar-refractivity contribution is 5.94. The molecule has 2 aliphatic rings. The predicted molar refractivity (Wildman–Crippen MR) is 82.7 cm³/mol. The molecule has 0 radical (unpaired) electrons. The Morgan fingerprint density at radius 3 is 2.41 bits per heavy atom. The molecule has 1 aliphatic heterocycles. The molecule has 1 aromatic rings. The lowest BCUT2D eigenvalue weighted by atomic mass is 9.58. The zero-order valence-electron chi connectivity index (χ0n) is 13.5. The minimum absolute atomic E-state index is 0.0613. The van der Waals surface area contributed by atoms with Crippen LogP contribution in [0.15, 0.2) is 12.1 Å². The molecule has 1 aromatic heterocycles. The van der Waals surface area contributed by atoms with Crippen molar-refractivity contribution in [2.45, 2.75) is 45.3 Å². The van der Waals surface area contributed by atoms with Gasteiger partial charge < -0.3 is 14.7 Å². The summed E-state index contributed by atoms with van der Waals surface area (Å²) in [5.74, 6) is 0.0613. The summed E-state index contributed by atoms with van der Waals surface area (Å²) in [4.78, 5) is 18.9. The first-order valence-electron chi connectivity index (χ1n) is 7.92. The highest BCUT2D eigenvalue weighted by Crippen LogP contribution is 2.50. The van der Waals surface area contributed by atoms with E-state index in [0.717, 1.165) is 24.2 Å². The van der Waals surface area contributed by atoms with Crippen LogP contribution in [0.2, 0.25) is 0 Å². The molecule has 1 aliphatic carbocycles. The SMILES string of the molecule is CO[C@@H]1C[C@H](O)C12CCN(C(=O)c1cc(C)nc(C)c1)CC2. The number of pyridine rings is 1. The Bertz CT molecular complexity index is 559. The molecule has 2 fully saturated rings. The summed E-state index contributed by atoms with van der Waals surface area (Å²) in [6.45, 7) is 5.16. The van der Waals surface area contributed by atoms with Crippen LogP contribution in [-0.4, -0.2) is 53.3 Å². The molecule has 0 unspecified atom stereocenters. The van der Waals surface area contributed by atoms with E-state index in [9.17, 15) is 9.90 Å². The number of aromatic nitrogens is 1. The third kappa shape index (κ3) is 2.42. The Morgan fingerprint density at radius 1 is 1.32 bits per heavy atom. The second-order valence-corrected chi connectivity index (χ2v) is 6.64. The van der Waals surface area contributed by atoms with Crippen LogP contribution >= 0.6 is 0 Å². The van der Waals surface area contributed by atoms with Crippen LogP contribution in [0.3, 0.4) is 0 Å². The largest absolute Gasteiger partial charge is 0.392 e. The zero-order chi connectivity index (χ0) is 15.9. The molecule has 0 aromatic carbocycles. The van der Waals surface area contributed by atoms with Gasteiger partial charge >= 0.3 is 0 Å². The van der Waals surface area contributed by atoms with Crippen molar-refractivity contribution in [3.63, 3.8) is 0 Å². The van der Waals surface area contributed by atoms with Gasteiger partial charge in [0.05, 0.1) is 12.2 Å². The molecule has 120 valence electrons. The van der Waals surface area contributed by atoms with Gasteiger partial charge in [0.25, 0.3) is 5.91 Å². The van der Waals surface area contributed by atoms with E-state index in [1.54, 1.807) is 7.11 Å². The van der Waals surface area contributed by atoms with Crippen molar-refractivity contribution in [3.8, 4) is 0 Å². The van der Waals surface area contributed by atoms with Gasteiger partial charge in [0.2, 0.25) is 0 Å².